The van der Waals surface area contributed by atoms with Crippen molar-refractivity contribution < 1.29 is 24.3 Å². The van der Waals surface area contributed by atoms with E-state index in [0.29, 0.717) is 23.0 Å². The maximum atomic E-state index is 12.5. The summed E-state index contributed by atoms with van der Waals surface area (Å²) in [6.45, 7) is 4.98. The Labute approximate surface area is 192 Å². The van der Waals surface area contributed by atoms with Crippen molar-refractivity contribution in [2.45, 2.75) is 6.61 Å². The standard InChI is InChI=1S/C24H27N3O4S/c1-30-21-15-19(7-8-20(21)31-17-18-5-3-2-4-6-18)16-22-23(29)25-24(32-22)27-11-9-26(10-12-27)13-14-28/h2-8,15-16,28H,9-14,17H2,1H3/p+1. The number of amides is 1. The first-order valence-electron chi connectivity index (χ1n) is 10.7. The van der Waals surface area contributed by atoms with Crippen molar-refractivity contribution in [1.29, 1.82) is 0 Å². The quantitative estimate of drug-likeness (QED) is 0.617. The molecular weight excluding hydrogens is 426 g/mol. The predicted molar refractivity (Wildman–Crippen MR) is 126 cm³/mol. The van der Waals surface area contributed by atoms with Gasteiger partial charge < -0.3 is 24.4 Å². The highest BCUT2D eigenvalue weighted by Gasteiger charge is 2.29. The summed E-state index contributed by atoms with van der Waals surface area (Å²) in [5.74, 6) is 1.07. The van der Waals surface area contributed by atoms with Crippen molar-refractivity contribution in [3.8, 4) is 11.5 Å². The minimum absolute atomic E-state index is 0.204. The van der Waals surface area contributed by atoms with Crippen LogP contribution in [-0.4, -0.2) is 67.5 Å². The lowest BCUT2D eigenvalue weighted by Gasteiger charge is -2.32. The molecule has 168 valence electrons. The highest BCUT2D eigenvalue weighted by molar-refractivity contribution is 8.18. The molecule has 2 heterocycles. The van der Waals surface area contributed by atoms with Crippen molar-refractivity contribution in [3.63, 3.8) is 0 Å². The number of hydrogen-bond acceptors (Lipinski definition) is 6. The number of hydrogen-bond donors (Lipinski definition) is 2. The van der Waals surface area contributed by atoms with Crippen LogP contribution in [-0.2, 0) is 11.4 Å². The molecule has 8 heteroatoms. The third kappa shape index (κ3) is 5.51. The minimum Gasteiger partial charge on any atom is -0.493 e. The van der Waals surface area contributed by atoms with Crippen LogP contribution in [0, 0.1) is 0 Å². The summed E-state index contributed by atoms with van der Waals surface area (Å²) >= 11 is 1.42. The number of aliphatic hydroxyl groups is 1. The third-order valence-electron chi connectivity index (χ3n) is 5.54. The maximum Gasteiger partial charge on any atom is 0.286 e. The van der Waals surface area contributed by atoms with Crippen molar-refractivity contribution in [3.05, 3.63) is 64.6 Å². The van der Waals surface area contributed by atoms with Crippen molar-refractivity contribution in [2.75, 3.05) is 46.4 Å². The van der Waals surface area contributed by atoms with Gasteiger partial charge in [0.1, 0.15) is 13.2 Å². The molecule has 2 N–H and O–H groups in total. The van der Waals surface area contributed by atoms with Crippen LogP contribution >= 0.6 is 11.8 Å². The number of quaternary nitrogens is 1. The Balaban J connectivity index is 1.40. The molecule has 2 aliphatic heterocycles. The first kappa shape index (κ1) is 22.4. The van der Waals surface area contributed by atoms with Gasteiger partial charge in [-0.2, -0.15) is 4.99 Å². The number of aliphatic imine (C=N–C) groups is 1. The smallest absolute Gasteiger partial charge is 0.286 e. The number of amidine groups is 1. The lowest BCUT2D eigenvalue weighted by molar-refractivity contribution is -0.904. The van der Waals surface area contributed by atoms with Gasteiger partial charge >= 0.3 is 0 Å². The highest BCUT2D eigenvalue weighted by Crippen LogP contribution is 2.33. The third-order valence-corrected chi connectivity index (χ3v) is 6.58. The van der Waals surface area contributed by atoms with Crippen LogP contribution in [0.25, 0.3) is 6.08 Å². The molecule has 7 nitrogen and oxygen atoms in total. The van der Waals surface area contributed by atoms with Gasteiger partial charge in [0.15, 0.2) is 16.7 Å². The summed E-state index contributed by atoms with van der Waals surface area (Å²) in [6, 6.07) is 15.6. The Bertz CT molecular complexity index is 1000. The Morgan fingerprint density at radius 3 is 2.66 bits per heavy atom. The average Bonchev–Trinajstić information content (AvgIpc) is 3.19. The number of piperazine rings is 1. The van der Waals surface area contributed by atoms with Gasteiger partial charge in [0.25, 0.3) is 5.91 Å². The average molecular weight is 455 g/mol. The summed E-state index contributed by atoms with van der Waals surface area (Å²) in [7, 11) is 1.61. The number of thioether (sulfide) groups is 1. The minimum atomic E-state index is -0.210. The van der Waals surface area contributed by atoms with Crippen molar-refractivity contribution in [1.82, 2.24) is 4.90 Å². The normalized spacial score (nSPS) is 18.2. The number of benzene rings is 2. The molecule has 0 radical (unpaired) electrons. The molecule has 4 rings (SSSR count). The van der Waals surface area contributed by atoms with Crippen LogP contribution in [0.1, 0.15) is 11.1 Å². The second kappa shape index (κ2) is 10.7. The summed E-state index contributed by atoms with van der Waals surface area (Å²) in [5, 5.41) is 9.87. The van der Waals surface area contributed by atoms with E-state index in [1.54, 1.807) is 7.11 Å². The van der Waals surface area contributed by atoms with E-state index in [-0.39, 0.29) is 12.5 Å². The molecule has 0 bridgehead atoms. The predicted octanol–water partition coefficient (Wildman–Crippen LogP) is 1.44. The second-order valence-electron chi connectivity index (χ2n) is 7.71. The van der Waals surface area contributed by atoms with E-state index in [4.69, 9.17) is 14.6 Å². The Morgan fingerprint density at radius 2 is 1.94 bits per heavy atom. The molecule has 1 fully saturated rings. The van der Waals surface area contributed by atoms with Crippen LogP contribution in [0.15, 0.2) is 58.4 Å². The van der Waals surface area contributed by atoms with Gasteiger partial charge in [0.2, 0.25) is 0 Å². The maximum absolute atomic E-state index is 12.5. The number of ether oxygens (including phenoxy) is 2. The summed E-state index contributed by atoms with van der Waals surface area (Å²) in [6.07, 6.45) is 1.85. The number of methoxy groups -OCH3 is 1. The number of nitrogens with zero attached hydrogens (tertiary/aromatic N) is 2. The zero-order chi connectivity index (χ0) is 22.3. The fourth-order valence-electron chi connectivity index (χ4n) is 3.74. The van der Waals surface area contributed by atoms with Crippen molar-refractivity contribution >= 4 is 28.9 Å². The zero-order valence-electron chi connectivity index (χ0n) is 18.1. The monoisotopic (exact) mass is 454 g/mol. The van der Waals surface area contributed by atoms with Crippen LogP contribution < -0.4 is 14.4 Å². The summed E-state index contributed by atoms with van der Waals surface area (Å²) in [5.41, 5.74) is 1.94. The lowest BCUT2D eigenvalue weighted by atomic mass is 10.2. The van der Waals surface area contributed by atoms with Crippen LogP contribution in [0.2, 0.25) is 0 Å². The topological polar surface area (TPSA) is 75.8 Å². The fourth-order valence-corrected chi connectivity index (χ4v) is 4.70. The molecule has 2 aliphatic rings. The van der Waals surface area contributed by atoms with Gasteiger partial charge in [0, 0.05) is 0 Å². The molecule has 0 aromatic heterocycles. The molecule has 32 heavy (non-hydrogen) atoms. The van der Waals surface area contributed by atoms with E-state index in [2.05, 4.69) is 9.89 Å². The molecule has 0 atom stereocenters. The SMILES string of the molecule is COc1cc(C=C2SC(N3CC[NH+](CCO)CC3)=NC2=O)ccc1OCc1ccccc1. The van der Waals surface area contributed by atoms with E-state index >= 15 is 0 Å². The molecule has 0 unspecified atom stereocenters. The molecular formula is C24H28N3O4S+. The fraction of sp³-hybridized carbons (Fsp3) is 0.333. The Morgan fingerprint density at radius 1 is 1.16 bits per heavy atom. The van der Waals surface area contributed by atoms with Gasteiger partial charge in [-0.05, 0) is 41.1 Å². The van der Waals surface area contributed by atoms with Gasteiger partial charge in [-0.1, -0.05) is 36.4 Å². The van der Waals surface area contributed by atoms with Gasteiger partial charge in [-0.3, -0.25) is 4.79 Å². The molecule has 2 aromatic carbocycles. The molecule has 0 spiro atoms. The van der Waals surface area contributed by atoms with Crippen LogP contribution in [0.5, 0.6) is 11.5 Å². The van der Waals surface area contributed by atoms with E-state index in [0.717, 1.165) is 49.0 Å². The van der Waals surface area contributed by atoms with Gasteiger partial charge in [-0.15, -0.1) is 0 Å². The number of nitrogens with one attached hydrogen (secondary N) is 1. The number of carbonyl (C=O) groups is 1. The van der Waals surface area contributed by atoms with Gasteiger partial charge in [0.05, 0.1) is 44.8 Å². The van der Waals surface area contributed by atoms with E-state index in [9.17, 15) is 4.79 Å². The summed E-state index contributed by atoms with van der Waals surface area (Å²) in [4.78, 5) is 20.9. The molecule has 0 saturated carbocycles. The Hall–Kier alpha value is -2.81. The lowest BCUT2D eigenvalue weighted by Crippen LogP contribution is -3.15. The first-order valence-corrected chi connectivity index (χ1v) is 11.5. The molecule has 1 saturated heterocycles. The summed E-state index contributed by atoms with van der Waals surface area (Å²) < 4.78 is 11.4. The van der Waals surface area contributed by atoms with Crippen LogP contribution in [0.3, 0.4) is 0 Å². The number of carbonyl (C=O) groups excluding carboxylic acids is 1. The largest absolute Gasteiger partial charge is 0.493 e. The van der Waals surface area contributed by atoms with Crippen LogP contribution in [0.4, 0.5) is 0 Å². The van der Waals surface area contributed by atoms with Gasteiger partial charge in [-0.25, -0.2) is 0 Å². The molecule has 1 amide bonds. The molecule has 2 aromatic rings. The van der Waals surface area contributed by atoms with E-state index in [1.807, 2.05) is 54.6 Å². The van der Waals surface area contributed by atoms with Crippen molar-refractivity contribution in [2.24, 2.45) is 4.99 Å². The second-order valence-corrected chi connectivity index (χ2v) is 8.71. The van der Waals surface area contributed by atoms with E-state index in [1.165, 1.54) is 16.7 Å². The van der Waals surface area contributed by atoms with E-state index < -0.39 is 0 Å². The highest BCUT2D eigenvalue weighted by atomic mass is 32.2. The first-order chi connectivity index (χ1) is 15.7. The number of rotatable bonds is 7. The zero-order valence-corrected chi connectivity index (χ0v) is 18.9. The number of aliphatic hydroxyl groups excluding tert-OH is 1. The molecule has 0 aliphatic carbocycles. The Kier molecular flexibility index (Phi) is 7.47.